The van der Waals surface area contributed by atoms with Crippen LogP contribution in [0, 0.1) is 0 Å². The lowest BCUT2D eigenvalue weighted by atomic mass is 10.2. The lowest BCUT2D eigenvalue weighted by Crippen LogP contribution is -2.10. The number of pyridine rings is 1. The van der Waals surface area contributed by atoms with Gasteiger partial charge in [0.05, 0.1) is 17.7 Å². The summed E-state index contributed by atoms with van der Waals surface area (Å²) < 4.78 is 10.8. The first-order valence-electron chi connectivity index (χ1n) is 5.82. The van der Waals surface area contributed by atoms with E-state index in [1.807, 2.05) is 12.1 Å². The predicted molar refractivity (Wildman–Crippen MR) is 82.5 cm³/mol. The normalized spacial score (nSPS) is 10.1. The van der Waals surface area contributed by atoms with E-state index in [0.29, 0.717) is 28.8 Å². The first-order valence-corrected chi connectivity index (χ1v) is 6.60. The highest BCUT2D eigenvalue weighted by molar-refractivity contribution is 7.80. The lowest BCUT2D eigenvalue weighted by molar-refractivity contribution is 0.294. The minimum Gasteiger partial charge on any atom is -0.489 e. The molecule has 2 aromatic rings. The average Bonchev–Trinajstić information content (AvgIpc) is 2.45. The summed E-state index contributed by atoms with van der Waals surface area (Å²) in [5.41, 5.74) is 7.03. The van der Waals surface area contributed by atoms with Crippen molar-refractivity contribution in [3.05, 3.63) is 52.7 Å². The molecule has 2 N–H and O–H groups in total. The van der Waals surface area contributed by atoms with Gasteiger partial charge in [-0.1, -0.05) is 23.8 Å². The fraction of sp³-hybridized carbons (Fsp3) is 0.143. The van der Waals surface area contributed by atoms with Gasteiger partial charge in [-0.25, -0.2) is 4.98 Å². The zero-order valence-electron chi connectivity index (χ0n) is 10.8. The Labute approximate surface area is 127 Å². The molecule has 0 saturated carbocycles. The third-order valence-electron chi connectivity index (χ3n) is 2.64. The fourth-order valence-electron chi connectivity index (χ4n) is 1.66. The van der Waals surface area contributed by atoms with Crippen molar-refractivity contribution in [2.45, 2.75) is 6.61 Å². The molecule has 104 valence electrons. The predicted octanol–water partition coefficient (Wildman–Crippen LogP) is 2.96. The van der Waals surface area contributed by atoms with Crippen molar-refractivity contribution in [3.63, 3.8) is 0 Å². The van der Waals surface area contributed by atoms with Gasteiger partial charge in [0.2, 0.25) is 5.88 Å². The Morgan fingerprint density at radius 3 is 2.85 bits per heavy atom. The lowest BCUT2D eigenvalue weighted by Gasteiger charge is -2.10. The first-order chi connectivity index (χ1) is 9.61. The van der Waals surface area contributed by atoms with Gasteiger partial charge in [-0.05, 0) is 30.3 Å². The molecule has 0 amide bonds. The molecule has 6 heteroatoms. The maximum atomic E-state index is 6.08. The number of ether oxygens (including phenoxy) is 2. The smallest absolute Gasteiger partial charge is 0.219 e. The van der Waals surface area contributed by atoms with E-state index in [9.17, 15) is 0 Å². The molecule has 0 spiro atoms. The van der Waals surface area contributed by atoms with Gasteiger partial charge < -0.3 is 15.2 Å². The Morgan fingerprint density at radius 2 is 2.20 bits per heavy atom. The second-order valence-electron chi connectivity index (χ2n) is 3.97. The number of methoxy groups -OCH3 is 1. The van der Waals surface area contributed by atoms with E-state index >= 15 is 0 Å². The van der Waals surface area contributed by atoms with Gasteiger partial charge in [-0.15, -0.1) is 0 Å². The second-order valence-corrected chi connectivity index (χ2v) is 4.81. The van der Waals surface area contributed by atoms with Crippen LogP contribution in [0.2, 0.25) is 5.02 Å². The van der Waals surface area contributed by atoms with Crippen LogP contribution in [-0.4, -0.2) is 17.1 Å². The van der Waals surface area contributed by atoms with Crippen molar-refractivity contribution in [1.29, 1.82) is 0 Å². The molecule has 20 heavy (non-hydrogen) atoms. The molecule has 2 rings (SSSR count). The molecule has 1 heterocycles. The van der Waals surface area contributed by atoms with E-state index in [-0.39, 0.29) is 4.99 Å². The van der Waals surface area contributed by atoms with Crippen LogP contribution in [0.25, 0.3) is 0 Å². The zero-order valence-corrected chi connectivity index (χ0v) is 12.4. The molecular formula is C14H13ClN2O2S. The van der Waals surface area contributed by atoms with E-state index in [4.69, 9.17) is 39.0 Å². The molecule has 0 bridgehead atoms. The van der Waals surface area contributed by atoms with Crippen molar-refractivity contribution < 1.29 is 9.47 Å². The summed E-state index contributed by atoms with van der Waals surface area (Å²) in [6, 6.07) is 8.89. The Hall–Kier alpha value is -1.85. The van der Waals surface area contributed by atoms with Gasteiger partial charge in [-0.2, -0.15) is 0 Å². The van der Waals surface area contributed by atoms with E-state index < -0.39 is 0 Å². The van der Waals surface area contributed by atoms with Gasteiger partial charge in [0.25, 0.3) is 0 Å². The fourth-order valence-corrected chi connectivity index (χ4v) is 2.17. The molecule has 4 nitrogen and oxygen atoms in total. The van der Waals surface area contributed by atoms with Crippen LogP contribution < -0.4 is 15.2 Å². The third kappa shape index (κ3) is 3.37. The molecular weight excluding hydrogens is 296 g/mol. The van der Waals surface area contributed by atoms with Crippen LogP contribution in [0.4, 0.5) is 0 Å². The Bertz CT molecular complexity index is 634. The SMILES string of the molecule is COc1ncccc1COc1ccc(C(N)=S)c(Cl)c1. The molecule has 0 atom stereocenters. The maximum Gasteiger partial charge on any atom is 0.219 e. The number of thiocarbonyl (C=S) groups is 1. The van der Waals surface area contributed by atoms with Crippen LogP contribution in [0.3, 0.4) is 0 Å². The molecule has 0 aliphatic heterocycles. The van der Waals surface area contributed by atoms with E-state index in [2.05, 4.69) is 4.98 Å². The minimum absolute atomic E-state index is 0.260. The maximum absolute atomic E-state index is 6.08. The van der Waals surface area contributed by atoms with Crippen LogP contribution >= 0.6 is 23.8 Å². The van der Waals surface area contributed by atoms with E-state index in [1.54, 1.807) is 31.5 Å². The number of aromatic nitrogens is 1. The summed E-state index contributed by atoms with van der Waals surface area (Å²) in [5, 5.41) is 0.466. The highest BCUT2D eigenvalue weighted by Crippen LogP contribution is 2.24. The third-order valence-corrected chi connectivity index (χ3v) is 3.18. The van der Waals surface area contributed by atoms with Crippen LogP contribution in [0.5, 0.6) is 11.6 Å². The molecule has 0 radical (unpaired) electrons. The zero-order chi connectivity index (χ0) is 14.5. The number of nitrogens with two attached hydrogens (primary N) is 1. The van der Waals surface area contributed by atoms with Crippen molar-refractivity contribution >= 4 is 28.8 Å². The molecule has 1 aromatic heterocycles. The summed E-state index contributed by atoms with van der Waals surface area (Å²) in [7, 11) is 1.57. The largest absolute Gasteiger partial charge is 0.489 e. The Balaban J connectivity index is 2.11. The molecule has 0 fully saturated rings. The van der Waals surface area contributed by atoms with Gasteiger partial charge in [0.15, 0.2) is 0 Å². The molecule has 0 aliphatic carbocycles. The monoisotopic (exact) mass is 308 g/mol. The average molecular weight is 309 g/mol. The number of benzene rings is 1. The van der Waals surface area contributed by atoms with Gasteiger partial charge in [0, 0.05) is 11.8 Å². The van der Waals surface area contributed by atoms with E-state index in [0.717, 1.165) is 5.56 Å². The number of halogens is 1. The Morgan fingerprint density at radius 1 is 1.40 bits per heavy atom. The quantitative estimate of drug-likeness (QED) is 0.861. The second kappa shape index (κ2) is 6.54. The standard InChI is InChI=1S/C14H13ClN2O2S/c1-18-14-9(3-2-6-17-14)8-19-10-4-5-11(13(16)20)12(15)7-10/h2-7H,8H2,1H3,(H2,16,20). The van der Waals surface area contributed by atoms with Crippen LogP contribution in [0.15, 0.2) is 36.5 Å². The van der Waals surface area contributed by atoms with Crippen LogP contribution in [-0.2, 0) is 6.61 Å². The molecule has 0 aliphatic rings. The van der Waals surface area contributed by atoms with Gasteiger partial charge >= 0.3 is 0 Å². The summed E-state index contributed by atoms with van der Waals surface area (Å²) >= 11 is 11.0. The minimum atomic E-state index is 0.260. The highest BCUT2D eigenvalue weighted by atomic mass is 35.5. The number of hydrogen-bond donors (Lipinski definition) is 1. The van der Waals surface area contributed by atoms with Crippen molar-refractivity contribution in [2.75, 3.05) is 7.11 Å². The van der Waals surface area contributed by atoms with Gasteiger partial charge in [-0.3, -0.25) is 0 Å². The molecule has 0 unspecified atom stereocenters. The molecule has 1 aromatic carbocycles. The number of rotatable bonds is 5. The summed E-state index contributed by atoms with van der Waals surface area (Å²) in [4.78, 5) is 4.36. The van der Waals surface area contributed by atoms with Crippen molar-refractivity contribution in [1.82, 2.24) is 4.98 Å². The van der Waals surface area contributed by atoms with E-state index in [1.165, 1.54) is 0 Å². The summed E-state index contributed by atoms with van der Waals surface area (Å²) in [6.07, 6.45) is 1.66. The summed E-state index contributed by atoms with van der Waals surface area (Å²) in [5.74, 6) is 1.17. The summed E-state index contributed by atoms with van der Waals surface area (Å²) in [6.45, 7) is 0.333. The topological polar surface area (TPSA) is 57.4 Å². The number of nitrogens with zero attached hydrogens (tertiary/aromatic N) is 1. The first kappa shape index (κ1) is 14.6. The highest BCUT2D eigenvalue weighted by Gasteiger charge is 2.07. The van der Waals surface area contributed by atoms with Crippen molar-refractivity contribution in [2.24, 2.45) is 5.73 Å². The van der Waals surface area contributed by atoms with Crippen LogP contribution in [0.1, 0.15) is 11.1 Å². The number of hydrogen-bond acceptors (Lipinski definition) is 4. The Kier molecular flexibility index (Phi) is 4.76. The molecule has 0 saturated heterocycles. The van der Waals surface area contributed by atoms with Gasteiger partial charge in [0.1, 0.15) is 17.3 Å². The van der Waals surface area contributed by atoms with Crippen molar-refractivity contribution in [3.8, 4) is 11.6 Å².